The fraction of sp³-hybridized carbons (Fsp3) is 0.375. The molecule has 66 valence electrons. The molecule has 0 saturated heterocycles. The Morgan fingerprint density at radius 3 is 2.83 bits per heavy atom. The molecular weight excluding hydrogens is 172 g/mol. The van der Waals surface area contributed by atoms with Crippen LogP contribution in [0.15, 0.2) is 23.4 Å². The molecule has 0 radical (unpaired) electrons. The Bertz CT molecular complexity index is 225. The van der Waals surface area contributed by atoms with Gasteiger partial charge in [-0.3, -0.25) is 0 Å². The van der Waals surface area contributed by atoms with Crippen molar-refractivity contribution in [1.82, 2.24) is 4.98 Å². The summed E-state index contributed by atoms with van der Waals surface area (Å²) in [5.74, 6) is 0.689. The van der Waals surface area contributed by atoms with Gasteiger partial charge in [-0.05, 0) is 11.6 Å². The number of rotatable bonds is 4. The molecule has 3 nitrogen and oxygen atoms in total. The predicted molar refractivity (Wildman–Crippen MR) is 49.9 cm³/mol. The van der Waals surface area contributed by atoms with Gasteiger partial charge in [-0.15, -0.1) is 11.8 Å². The van der Waals surface area contributed by atoms with Crippen molar-refractivity contribution < 1.29 is 5.11 Å². The summed E-state index contributed by atoms with van der Waals surface area (Å²) in [6, 6.07) is 3.87. The molecular formula is C8H12N2OS. The first kappa shape index (κ1) is 9.51. The fourth-order valence-corrected chi connectivity index (χ4v) is 1.36. The molecule has 1 aromatic rings. The third kappa shape index (κ3) is 2.81. The summed E-state index contributed by atoms with van der Waals surface area (Å²) < 4.78 is 0. The van der Waals surface area contributed by atoms with Crippen LogP contribution in [0.2, 0.25) is 0 Å². The zero-order valence-electron chi connectivity index (χ0n) is 6.73. The predicted octanol–water partition coefficient (Wildman–Crippen LogP) is 0.625. The molecule has 12 heavy (non-hydrogen) atoms. The van der Waals surface area contributed by atoms with Crippen LogP contribution in [0, 0.1) is 0 Å². The highest BCUT2D eigenvalue weighted by molar-refractivity contribution is 7.99. The van der Waals surface area contributed by atoms with Crippen molar-refractivity contribution >= 4 is 11.8 Å². The lowest BCUT2D eigenvalue weighted by molar-refractivity contribution is 0.322. The molecule has 0 atom stereocenters. The summed E-state index contributed by atoms with van der Waals surface area (Å²) in [4.78, 5) is 4.16. The van der Waals surface area contributed by atoms with Gasteiger partial charge in [0, 0.05) is 18.5 Å². The molecule has 1 rings (SSSR count). The van der Waals surface area contributed by atoms with Crippen LogP contribution >= 0.6 is 11.8 Å². The maximum absolute atomic E-state index is 8.56. The standard InChI is InChI=1S/C8H12N2OS/c9-5-7-1-2-8(10-6-7)12-4-3-11/h1-2,6,11H,3-5,9H2. The number of aliphatic hydroxyl groups is 1. The van der Waals surface area contributed by atoms with E-state index in [1.807, 2.05) is 12.1 Å². The van der Waals surface area contributed by atoms with E-state index in [1.165, 1.54) is 11.8 Å². The van der Waals surface area contributed by atoms with E-state index in [0.717, 1.165) is 10.6 Å². The highest BCUT2D eigenvalue weighted by Gasteiger charge is 1.94. The molecule has 0 aliphatic heterocycles. The van der Waals surface area contributed by atoms with E-state index >= 15 is 0 Å². The van der Waals surface area contributed by atoms with Crippen LogP contribution in [0.5, 0.6) is 0 Å². The Morgan fingerprint density at radius 1 is 1.50 bits per heavy atom. The molecule has 1 heterocycles. The van der Waals surface area contributed by atoms with Crippen molar-refractivity contribution in [3.8, 4) is 0 Å². The third-order valence-electron chi connectivity index (χ3n) is 1.37. The molecule has 3 N–H and O–H groups in total. The maximum atomic E-state index is 8.56. The topological polar surface area (TPSA) is 59.1 Å². The van der Waals surface area contributed by atoms with Gasteiger partial charge in [0.25, 0.3) is 0 Å². The van der Waals surface area contributed by atoms with Gasteiger partial charge in [0.05, 0.1) is 11.6 Å². The van der Waals surface area contributed by atoms with Gasteiger partial charge < -0.3 is 10.8 Å². The maximum Gasteiger partial charge on any atom is 0.0960 e. The number of pyridine rings is 1. The first-order valence-electron chi connectivity index (χ1n) is 3.75. The highest BCUT2D eigenvalue weighted by atomic mass is 32.2. The minimum Gasteiger partial charge on any atom is -0.396 e. The monoisotopic (exact) mass is 184 g/mol. The number of nitrogens with zero attached hydrogens (tertiary/aromatic N) is 1. The largest absolute Gasteiger partial charge is 0.396 e. The summed E-state index contributed by atoms with van der Waals surface area (Å²) in [5.41, 5.74) is 6.44. The normalized spacial score (nSPS) is 10.2. The Hall–Kier alpha value is -0.580. The number of nitrogens with two attached hydrogens (primary N) is 1. The highest BCUT2D eigenvalue weighted by Crippen LogP contribution is 2.13. The van der Waals surface area contributed by atoms with Crippen LogP contribution in [0.3, 0.4) is 0 Å². The minimum absolute atomic E-state index is 0.186. The van der Waals surface area contributed by atoms with Gasteiger partial charge in [-0.1, -0.05) is 6.07 Å². The number of thioether (sulfide) groups is 1. The van der Waals surface area contributed by atoms with Crippen LogP contribution < -0.4 is 5.73 Å². The fourth-order valence-electron chi connectivity index (χ4n) is 0.767. The van der Waals surface area contributed by atoms with Gasteiger partial charge in [0.15, 0.2) is 0 Å². The summed E-state index contributed by atoms with van der Waals surface area (Å²) in [7, 11) is 0. The number of aromatic nitrogens is 1. The lowest BCUT2D eigenvalue weighted by atomic mass is 10.3. The first-order valence-corrected chi connectivity index (χ1v) is 4.74. The molecule has 0 spiro atoms. The molecule has 0 unspecified atom stereocenters. The zero-order valence-corrected chi connectivity index (χ0v) is 7.55. The SMILES string of the molecule is NCc1ccc(SCCO)nc1. The van der Waals surface area contributed by atoms with E-state index < -0.39 is 0 Å². The average molecular weight is 184 g/mol. The van der Waals surface area contributed by atoms with Crippen molar-refractivity contribution in [2.75, 3.05) is 12.4 Å². The van der Waals surface area contributed by atoms with Crippen molar-refractivity contribution in [3.63, 3.8) is 0 Å². The smallest absolute Gasteiger partial charge is 0.0960 e. The summed E-state index contributed by atoms with van der Waals surface area (Å²) in [5, 5.41) is 9.49. The molecule has 0 aliphatic rings. The van der Waals surface area contributed by atoms with E-state index in [0.29, 0.717) is 12.3 Å². The second kappa shape index (κ2) is 5.13. The van der Waals surface area contributed by atoms with Crippen molar-refractivity contribution in [3.05, 3.63) is 23.9 Å². The third-order valence-corrected chi connectivity index (χ3v) is 2.30. The molecule has 1 aromatic heterocycles. The Balaban J connectivity index is 2.53. The van der Waals surface area contributed by atoms with Crippen molar-refractivity contribution in [1.29, 1.82) is 0 Å². The van der Waals surface area contributed by atoms with Crippen molar-refractivity contribution in [2.24, 2.45) is 5.73 Å². The lowest BCUT2D eigenvalue weighted by Gasteiger charge is -1.99. The van der Waals surface area contributed by atoms with Crippen LogP contribution in [-0.4, -0.2) is 22.5 Å². The molecule has 0 fully saturated rings. The van der Waals surface area contributed by atoms with Gasteiger partial charge in [-0.25, -0.2) is 4.98 Å². The quantitative estimate of drug-likeness (QED) is 0.674. The lowest BCUT2D eigenvalue weighted by Crippen LogP contribution is -1.96. The first-order chi connectivity index (χ1) is 5.86. The minimum atomic E-state index is 0.186. The van der Waals surface area contributed by atoms with E-state index in [2.05, 4.69) is 4.98 Å². The van der Waals surface area contributed by atoms with Crippen molar-refractivity contribution in [2.45, 2.75) is 11.6 Å². The zero-order chi connectivity index (χ0) is 8.81. The average Bonchev–Trinajstić information content (AvgIpc) is 2.15. The van der Waals surface area contributed by atoms with Gasteiger partial charge >= 0.3 is 0 Å². The van der Waals surface area contributed by atoms with E-state index in [9.17, 15) is 0 Å². The molecule has 0 amide bonds. The molecule has 0 aromatic carbocycles. The number of hydrogen-bond acceptors (Lipinski definition) is 4. The second-order valence-corrected chi connectivity index (χ2v) is 3.40. The van der Waals surface area contributed by atoms with Crippen LogP contribution in [-0.2, 0) is 6.54 Å². The van der Waals surface area contributed by atoms with Gasteiger partial charge in [0.2, 0.25) is 0 Å². The molecule has 0 saturated carbocycles. The van der Waals surface area contributed by atoms with Crippen LogP contribution in [0.1, 0.15) is 5.56 Å². The Labute approximate surface area is 76.0 Å². The number of hydrogen-bond donors (Lipinski definition) is 2. The van der Waals surface area contributed by atoms with E-state index in [1.54, 1.807) is 6.20 Å². The summed E-state index contributed by atoms with van der Waals surface area (Å²) in [6.07, 6.45) is 1.76. The van der Waals surface area contributed by atoms with Gasteiger partial charge in [-0.2, -0.15) is 0 Å². The molecule has 0 bridgehead atoms. The molecule has 0 aliphatic carbocycles. The number of aliphatic hydroxyl groups excluding tert-OH is 1. The second-order valence-electron chi connectivity index (χ2n) is 2.28. The Kier molecular flexibility index (Phi) is 4.07. The van der Waals surface area contributed by atoms with E-state index in [4.69, 9.17) is 10.8 Å². The van der Waals surface area contributed by atoms with Crippen LogP contribution in [0.4, 0.5) is 0 Å². The van der Waals surface area contributed by atoms with E-state index in [-0.39, 0.29) is 6.61 Å². The summed E-state index contributed by atoms with van der Waals surface area (Å²) >= 11 is 1.54. The van der Waals surface area contributed by atoms with Gasteiger partial charge in [0.1, 0.15) is 0 Å². The van der Waals surface area contributed by atoms with Crippen LogP contribution in [0.25, 0.3) is 0 Å². The Morgan fingerprint density at radius 2 is 2.33 bits per heavy atom. The molecule has 4 heteroatoms. The summed E-state index contributed by atoms with van der Waals surface area (Å²) in [6.45, 7) is 0.711.